The van der Waals surface area contributed by atoms with Crippen molar-refractivity contribution in [2.75, 3.05) is 13.2 Å². The van der Waals surface area contributed by atoms with Gasteiger partial charge in [-0.05, 0) is 37.5 Å². The average Bonchev–Trinajstić information content (AvgIpc) is 2.49. The zero-order valence-corrected chi connectivity index (χ0v) is 15.7. The standard InChI is InChI=1S/C22H42O/c1-3-7-13-21(14-8-4-1)17-11-19-23-20-12-18-22-15-9-5-2-6-10-16-22/h21-22H,1-20H2. The molecule has 2 fully saturated rings. The molecule has 0 aromatic carbocycles. The molecule has 0 amide bonds. The molecule has 0 radical (unpaired) electrons. The van der Waals surface area contributed by atoms with E-state index in [0.717, 1.165) is 25.0 Å². The lowest BCUT2D eigenvalue weighted by Crippen LogP contribution is -2.07. The Kier molecular flexibility index (Phi) is 11.1. The van der Waals surface area contributed by atoms with Gasteiger partial charge in [0.05, 0.1) is 0 Å². The molecule has 1 heteroatoms. The summed E-state index contributed by atoms with van der Waals surface area (Å²) in [5.74, 6) is 2.02. The van der Waals surface area contributed by atoms with Crippen LogP contribution in [0.15, 0.2) is 0 Å². The van der Waals surface area contributed by atoms with Gasteiger partial charge in [0.1, 0.15) is 0 Å². The summed E-state index contributed by atoms with van der Waals surface area (Å²) in [5, 5.41) is 0. The minimum Gasteiger partial charge on any atom is -0.381 e. The van der Waals surface area contributed by atoms with E-state index in [2.05, 4.69) is 0 Å². The molecule has 2 saturated carbocycles. The summed E-state index contributed by atoms with van der Waals surface area (Å²) in [5.41, 5.74) is 0. The molecule has 0 saturated heterocycles. The van der Waals surface area contributed by atoms with Crippen LogP contribution in [-0.2, 0) is 4.74 Å². The van der Waals surface area contributed by atoms with Crippen molar-refractivity contribution < 1.29 is 4.74 Å². The van der Waals surface area contributed by atoms with Gasteiger partial charge in [-0.2, -0.15) is 0 Å². The zero-order chi connectivity index (χ0) is 16.0. The predicted octanol–water partition coefficient (Wildman–Crippen LogP) is 7.28. The van der Waals surface area contributed by atoms with Crippen molar-refractivity contribution in [3.63, 3.8) is 0 Å². The monoisotopic (exact) mass is 322 g/mol. The molecule has 0 aliphatic heterocycles. The average molecular weight is 323 g/mol. The van der Waals surface area contributed by atoms with Crippen LogP contribution in [0.5, 0.6) is 0 Å². The van der Waals surface area contributed by atoms with Crippen LogP contribution in [-0.4, -0.2) is 13.2 Å². The molecule has 0 heterocycles. The third-order valence-electron chi connectivity index (χ3n) is 6.25. The van der Waals surface area contributed by atoms with E-state index in [1.54, 1.807) is 0 Å². The Morgan fingerprint density at radius 1 is 0.478 bits per heavy atom. The van der Waals surface area contributed by atoms with Gasteiger partial charge in [-0.3, -0.25) is 0 Å². The first-order valence-corrected chi connectivity index (χ1v) is 11.0. The smallest absolute Gasteiger partial charge is 0.0466 e. The second kappa shape index (κ2) is 13.3. The summed E-state index contributed by atoms with van der Waals surface area (Å²) >= 11 is 0. The Labute approximate surface area is 146 Å². The summed E-state index contributed by atoms with van der Waals surface area (Å²) in [7, 11) is 0. The number of hydrogen-bond acceptors (Lipinski definition) is 1. The molecule has 0 spiro atoms. The van der Waals surface area contributed by atoms with Gasteiger partial charge in [-0.15, -0.1) is 0 Å². The molecule has 136 valence electrons. The van der Waals surface area contributed by atoms with E-state index in [4.69, 9.17) is 4.74 Å². The molecule has 0 aromatic heterocycles. The van der Waals surface area contributed by atoms with Crippen molar-refractivity contribution in [1.29, 1.82) is 0 Å². The van der Waals surface area contributed by atoms with Crippen molar-refractivity contribution >= 4 is 0 Å². The largest absolute Gasteiger partial charge is 0.381 e. The van der Waals surface area contributed by atoms with Crippen molar-refractivity contribution in [2.24, 2.45) is 11.8 Å². The van der Waals surface area contributed by atoms with Crippen LogP contribution in [0.25, 0.3) is 0 Å². The molecule has 0 N–H and O–H groups in total. The van der Waals surface area contributed by atoms with E-state index < -0.39 is 0 Å². The normalized spacial score (nSPS) is 23.0. The number of rotatable bonds is 8. The summed E-state index contributed by atoms with van der Waals surface area (Å²) in [6.45, 7) is 2.03. The van der Waals surface area contributed by atoms with Crippen molar-refractivity contribution in [1.82, 2.24) is 0 Å². The lowest BCUT2D eigenvalue weighted by molar-refractivity contribution is 0.117. The predicted molar refractivity (Wildman–Crippen MR) is 101 cm³/mol. The highest BCUT2D eigenvalue weighted by Crippen LogP contribution is 2.27. The van der Waals surface area contributed by atoms with E-state index in [9.17, 15) is 0 Å². The highest BCUT2D eigenvalue weighted by molar-refractivity contribution is 4.65. The van der Waals surface area contributed by atoms with Crippen LogP contribution in [0.3, 0.4) is 0 Å². The number of hydrogen-bond donors (Lipinski definition) is 0. The SMILES string of the molecule is C1CCCC(CCCOCCCC2CCCCCCC2)CCC1. The molecule has 0 atom stereocenters. The van der Waals surface area contributed by atoms with Gasteiger partial charge in [0, 0.05) is 13.2 Å². The molecule has 0 aromatic rings. The second-order valence-corrected chi connectivity index (χ2v) is 8.32. The Bertz CT molecular complexity index is 221. The van der Waals surface area contributed by atoms with E-state index >= 15 is 0 Å². The van der Waals surface area contributed by atoms with E-state index in [1.165, 1.54) is 116 Å². The highest BCUT2D eigenvalue weighted by Gasteiger charge is 2.12. The Hall–Kier alpha value is -0.0400. The summed E-state index contributed by atoms with van der Waals surface area (Å²) in [6.07, 6.45) is 26.2. The molecule has 1 nitrogen and oxygen atoms in total. The summed E-state index contributed by atoms with van der Waals surface area (Å²) < 4.78 is 5.93. The first kappa shape index (κ1) is 19.3. The van der Waals surface area contributed by atoms with E-state index in [1.807, 2.05) is 0 Å². The molecule has 23 heavy (non-hydrogen) atoms. The fourth-order valence-corrected chi connectivity index (χ4v) is 4.71. The molecule has 0 bridgehead atoms. The fraction of sp³-hybridized carbons (Fsp3) is 1.00. The molecular weight excluding hydrogens is 280 g/mol. The van der Waals surface area contributed by atoms with Gasteiger partial charge in [0.25, 0.3) is 0 Å². The molecule has 2 rings (SSSR count). The summed E-state index contributed by atoms with van der Waals surface area (Å²) in [4.78, 5) is 0. The highest BCUT2D eigenvalue weighted by atomic mass is 16.5. The maximum atomic E-state index is 5.93. The minimum atomic E-state index is 1.01. The second-order valence-electron chi connectivity index (χ2n) is 8.32. The molecule has 0 unspecified atom stereocenters. The Balaban J connectivity index is 1.41. The molecular formula is C22H42O. The zero-order valence-electron chi connectivity index (χ0n) is 15.7. The van der Waals surface area contributed by atoms with Gasteiger partial charge < -0.3 is 4.74 Å². The summed E-state index contributed by atoms with van der Waals surface area (Å²) in [6, 6.07) is 0. The van der Waals surface area contributed by atoms with Crippen LogP contribution in [0, 0.1) is 11.8 Å². The van der Waals surface area contributed by atoms with Crippen LogP contribution < -0.4 is 0 Å². The third kappa shape index (κ3) is 9.75. The van der Waals surface area contributed by atoms with E-state index in [-0.39, 0.29) is 0 Å². The topological polar surface area (TPSA) is 9.23 Å². The van der Waals surface area contributed by atoms with E-state index in [0.29, 0.717) is 0 Å². The number of ether oxygens (including phenoxy) is 1. The van der Waals surface area contributed by atoms with Crippen molar-refractivity contribution in [2.45, 2.75) is 116 Å². The van der Waals surface area contributed by atoms with Gasteiger partial charge in [-0.25, -0.2) is 0 Å². The first-order chi connectivity index (χ1) is 11.4. The van der Waals surface area contributed by atoms with Gasteiger partial charge in [-0.1, -0.05) is 89.9 Å². The molecule has 2 aliphatic rings. The van der Waals surface area contributed by atoms with Crippen LogP contribution >= 0.6 is 0 Å². The van der Waals surface area contributed by atoms with Gasteiger partial charge >= 0.3 is 0 Å². The maximum Gasteiger partial charge on any atom is 0.0466 e. The van der Waals surface area contributed by atoms with Crippen molar-refractivity contribution in [3.8, 4) is 0 Å². The lowest BCUT2D eigenvalue weighted by atomic mass is 9.88. The van der Waals surface area contributed by atoms with Crippen LogP contribution in [0.1, 0.15) is 116 Å². The van der Waals surface area contributed by atoms with Crippen LogP contribution in [0.4, 0.5) is 0 Å². The first-order valence-electron chi connectivity index (χ1n) is 11.0. The van der Waals surface area contributed by atoms with Crippen molar-refractivity contribution in [3.05, 3.63) is 0 Å². The minimum absolute atomic E-state index is 1.01. The Morgan fingerprint density at radius 2 is 0.826 bits per heavy atom. The fourth-order valence-electron chi connectivity index (χ4n) is 4.71. The van der Waals surface area contributed by atoms with Gasteiger partial charge in [0.2, 0.25) is 0 Å². The third-order valence-corrected chi connectivity index (χ3v) is 6.25. The van der Waals surface area contributed by atoms with Crippen LogP contribution in [0.2, 0.25) is 0 Å². The quantitative estimate of drug-likeness (QED) is 0.426. The maximum absolute atomic E-state index is 5.93. The van der Waals surface area contributed by atoms with Gasteiger partial charge in [0.15, 0.2) is 0 Å². The lowest BCUT2D eigenvalue weighted by Gasteiger charge is -2.20. The molecule has 2 aliphatic carbocycles. The Morgan fingerprint density at radius 3 is 1.22 bits per heavy atom.